The SMILES string of the molecule is COc1cc(C#N)cc(Oc2cccc(F)c2CO)c1. The third-order valence-corrected chi connectivity index (χ3v) is 2.71. The van der Waals surface area contributed by atoms with Gasteiger partial charge < -0.3 is 14.6 Å². The van der Waals surface area contributed by atoms with E-state index >= 15 is 0 Å². The first kappa shape index (κ1) is 13.8. The summed E-state index contributed by atoms with van der Waals surface area (Å²) in [4.78, 5) is 0. The normalized spacial score (nSPS) is 9.90. The average molecular weight is 273 g/mol. The van der Waals surface area contributed by atoms with Crippen LogP contribution < -0.4 is 9.47 Å². The first-order valence-electron chi connectivity index (χ1n) is 5.83. The molecule has 0 saturated heterocycles. The highest BCUT2D eigenvalue weighted by Gasteiger charge is 2.10. The van der Waals surface area contributed by atoms with Crippen LogP contribution in [0.5, 0.6) is 17.2 Å². The van der Waals surface area contributed by atoms with Crippen molar-refractivity contribution < 1.29 is 19.0 Å². The maximum Gasteiger partial charge on any atom is 0.135 e. The largest absolute Gasteiger partial charge is 0.497 e. The van der Waals surface area contributed by atoms with Crippen LogP contribution in [0.3, 0.4) is 0 Å². The fourth-order valence-corrected chi connectivity index (χ4v) is 1.73. The van der Waals surface area contributed by atoms with E-state index in [-0.39, 0.29) is 11.3 Å². The summed E-state index contributed by atoms with van der Waals surface area (Å²) in [5.74, 6) is 0.445. The number of aliphatic hydroxyl groups is 1. The van der Waals surface area contributed by atoms with Crippen LogP contribution in [0.15, 0.2) is 36.4 Å². The van der Waals surface area contributed by atoms with Gasteiger partial charge in [0.2, 0.25) is 0 Å². The van der Waals surface area contributed by atoms with Crippen molar-refractivity contribution in [3.63, 3.8) is 0 Å². The van der Waals surface area contributed by atoms with Crippen molar-refractivity contribution in [3.05, 3.63) is 53.3 Å². The van der Waals surface area contributed by atoms with Crippen LogP contribution in [0, 0.1) is 17.1 Å². The lowest BCUT2D eigenvalue weighted by Gasteiger charge is -2.11. The molecule has 0 unspecified atom stereocenters. The molecule has 0 aromatic heterocycles. The van der Waals surface area contributed by atoms with Crippen molar-refractivity contribution in [3.8, 4) is 23.3 Å². The van der Waals surface area contributed by atoms with Crippen LogP contribution in [0.1, 0.15) is 11.1 Å². The maximum absolute atomic E-state index is 13.5. The topological polar surface area (TPSA) is 62.5 Å². The Kier molecular flexibility index (Phi) is 4.18. The third kappa shape index (κ3) is 2.87. The van der Waals surface area contributed by atoms with Crippen molar-refractivity contribution in [2.45, 2.75) is 6.61 Å². The molecule has 5 heteroatoms. The second-order valence-corrected chi connectivity index (χ2v) is 3.99. The van der Waals surface area contributed by atoms with Gasteiger partial charge in [-0.15, -0.1) is 0 Å². The number of ether oxygens (including phenoxy) is 2. The van der Waals surface area contributed by atoms with Crippen molar-refractivity contribution in [2.24, 2.45) is 0 Å². The predicted octanol–water partition coefficient (Wildman–Crippen LogP) is 2.99. The standard InChI is InChI=1S/C15H12FNO3/c1-19-11-5-10(8-17)6-12(7-11)20-15-4-2-3-14(16)13(15)9-18/h2-7,18H,9H2,1H3. The van der Waals surface area contributed by atoms with Crippen LogP contribution in [0.2, 0.25) is 0 Å². The summed E-state index contributed by atoms with van der Waals surface area (Å²) in [5, 5.41) is 18.1. The summed E-state index contributed by atoms with van der Waals surface area (Å²) >= 11 is 0. The molecule has 0 fully saturated rings. The third-order valence-electron chi connectivity index (χ3n) is 2.71. The molecule has 0 aliphatic rings. The quantitative estimate of drug-likeness (QED) is 0.930. The molecule has 0 spiro atoms. The van der Waals surface area contributed by atoms with Gasteiger partial charge in [-0.05, 0) is 24.3 Å². The number of halogens is 1. The monoisotopic (exact) mass is 273 g/mol. The summed E-state index contributed by atoms with van der Waals surface area (Å²) in [6, 6.07) is 10.9. The zero-order valence-corrected chi connectivity index (χ0v) is 10.8. The van der Waals surface area contributed by atoms with Gasteiger partial charge in [0.15, 0.2) is 0 Å². The van der Waals surface area contributed by atoms with Crippen LogP contribution in [0.25, 0.3) is 0 Å². The van der Waals surface area contributed by atoms with Crippen molar-refractivity contribution in [2.75, 3.05) is 7.11 Å². The minimum atomic E-state index is -0.548. The molecule has 4 nitrogen and oxygen atoms in total. The van der Waals surface area contributed by atoms with Crippen molar-refractivity contribution in [1.82, 2.24) is 0 Å². The van der Waals surface area contributed by atoms with Crippen LogP contribution in [0.4, 0.5) is 4.39 Å². The Morgan fingerprint density at radius 3 is 2.65 bits per heavy atom. The van der Waals surface area contributed by atoms with Crippen LogP contribution in [-0.4, -0.2) is 12.2 Å². The van der Waals surface area contributed by atoms with E-state index in [2.05, 4.69) is 0 Å². The zero-order chi connectivity index (χ0) is 14.5. The van der Waals surface area contributed by atoms with Crippen molar-refractivity contribution in [1.29, 1.82) is 5.26 Å². The van der Waals surface area contributed by atoms with Gasteiger partial charge in [-0.3, -0.25) is 0 Å². The molecule has 0 saturated carbocycles. The van der Waals surface area contributed by atoms with E-state index in [0.717, 1.165) is 0 Å². The molecule has 102 valence electrons. The molecule has 20 heavy (non-hydrogen) atoms. The summed E-state index contributed by atoms with van der Waals surface area (Å²) in [7, 11) is 1.47. The average Bonchev–Trinajstić information content (AvgIpc) is 2.47. The smallest absolute Gasteiger partial charge is 0.135 e. The van der Waals surface area contributed by atoms with E-state index in [1.54, 1.807) is 18.2 Å². The Bertz CT molecular complexity index is 665. The van der Waals surface area contributed by atoms with Gasteiger partial charge >= 0.3 is 0 Å². The molecule has 0 amide bonds. The Balaban J connectivity index is 2.40. The molecule has 0 aliphatic heterocycles. The highest BCUT2D eigenvalue weighted by molar-refractivity contribution is 5.46. The molecular weight excluding hydrogens is 261 g/mol. The summed E-state index contributed by atoms with van der Waals surface area (Å²) in [6.07, 6.45) is 0. The van der Waals surface area contributed by atoms with Gasteiger partial charge in [0.1, 0.15) is 23.1 Å². The van der Waals surface area contributed by atoms with Gasteiger partial charge in [-0.1, -0.05) is 6.07 Å². The van der Waals surface area contributed by atoms with Gasteiger partial charge in [0.25, 0.3) is 0 Å². The van der Waals surface area contributed by atoms with Gasteiger partial charge in [0.05, 0.1) is 30.9 Å². The van der Waals surface area contributed by atoms with E-state index in [1.807, 2.05) is 6.07 Å². The van der Waals surface area contributed by atoms with Gasteiger partial charge in [0, 0.05) is 6.07 Å². The molecule has 0 bridgehead atoms. The van der Waals surface area contributed by atoms with Crippen LogP contribution >= 0.6 is 0 Å². The van der Waals surface area contributed by atoms with E-state index in [0.29, 0.717) is 17.1 Å². The van der Waals surface area contributed by atoms with Crippen molar-refractivity contribution >= 4 is 0 Å². The number of benzene rings is 2. The second kappa shape index (κ2) is 6.04. The molecule has 0 heterocycles. The number of aliphatic hydroxyl groups excluding tert-OH is 1. The highest BCUT2D eigenvalue weighted by atomic mass is 19.1. The minimum absolute atomic E-state index is 0.0637. The van der Waals surface area contributed by atoms with E-state index in [9.17, 15) is 9.50 Å². The maximum atomic E-state index is 13.5. The lowest BCUT2D eigenvalue weighted by Crippen LogP contribution is -1.96. The molecule has 0 radical (unpaired) electrons. The fourth-order valence-electron chi connectivity index (χ4n) is 1.73. The molecular formula is C15H12FNO3. The number of rotatable bonds is 4. The molecule has 2 aromatic rings. The molecule has 2 rings (SSSR count). The Labute approximate surface area is 115 Å². The Hall–Kier alpha value is -2.58. The second-order valence-electron chi connectivity index (χ2n) is 3.99. The van der Waals surface area contributed by atoms with Gasteiger partial charge in [-0.2, -0.15) is 5.26 Å². The summed E-state index contributed by atoms with van der Waals surface area (Å²) < 4.78 is 24.1. The van der Waals surface area contributed by atoms with E-state index in [4.69, 9.17) is 14.7 Å². The lowest BCUT2D eigenvalue weighted by molar-refractivity contribution is 0.270. The Morgan fingerprint density at radius 1 is 1.25 bits per heavy atom. The molecule has 1 N–H and O–H groups in total. The Morgan fingerprint density at radius 2 is 2.00 bits per heavy atom. The number of nitriles is 1. The lowest BCUT2D eigenvalue weighted by atomic mass is 10.2. The van der Waals surface area contributed by atoms with Crippen LogP contribution in [-0.2, 0) is 6.61 Å². The van der Waals surface area contributed by atoms with Gasteiger partial charge in [-0.25, -0.2) is 4.39 Å². The summed E-state index contributed by atoms with van der Waals surface area (Å²) in [5.41, 5.74) is 0.426. The highest BCUT2D eigenvalue weighted by Crippen LogP contribution is 2.30. The number of methoxy groups -OCH3 is 1. The molecule has 2 aromatic carbocycles. The molecule has 0 atom stereocenters. The van der Waals surface area contributed by atoms with E-state index < -0.39 is 12.4 Å². The first-order chi connectivity index (χ1) is 9.67. The predicted molar refractivity (Wildman–Crippen MR) is 70.1 cm³/mol. The zero-order valence-electron chi connectivity index (χ0n) is 10.8. The number of hydrogen-bond acceptors (Lipinski definition) is 4. The molecule has 0 aliphatic carbocycles. The fraction of sp³-hybridized carbons (Fsp3) is 0.133. The summed E-state index contributed by atoms with van der Waals surface area (Å²) in [6.45, 7) is -0.475. The number of nitrogens with zero attached hydrogens (tertiary/aromatic N) is 1. The first-order valence-corrected chi connectivity index (χ1v) is 5.83. The van der Waals surface area contributed by atoms with E-state index in [1.165, 1.54) is 25.3 Å². The number of hydrogen-bond donors (Lipinski definition) is 1. The minimum Gasteiger partial charge on any atom is -0.497 e.